The highest BCUT2D eigenvalue weighted by atomic mass is 15.3. The molecule has 0 fully saturated rings. The van der Waals surface area contributed by atoms with Gasteiger partial charge in [-0.15, -0.1) is 0 Å². The van der Waals surface area contributed by atoms with E-state index in [2.05, 4.69) is 224 Å². The lowest BCUT2D eigenvalue weighted by Gasteiger charge is -2.24. The average Bonchev–Trinajstić information content (AvgIpc) is 3.80. The standard InChI is InChI=1S/C58H42N4/c1-58(2)51-27-11-8-22-46(51)49-26-15-25-45(54(49)58)38-32-30-37(31-33-38)43-35-40-18-6-7-21-44(40)50(36-43)41-19-14-20-42(34-41)56-59-55(39-16-4-3-5-17-39)60-57(61-56)62-52-28-12-9-23-47(52)48-24-10-13-29-53(48)62/h3-36,55H,1-2H3,(H,59,60,61). The molecule has 0 amide bonds. The molecular formula is C58H42N4. The van der Waals surface area contributed by atoms with Crippen molar-refractivity contribution in [2.24, 2.45) is 9.98 Å². The number of nitrogens with one attached hydrogen (secondary N) is 1. The molecule has 9 aromatic carbocycles. The predicted octanol–water partition coefficient (Wildman–Crippen LogP) is 14.2. The first-order valence-electron chi connectivity index (χ1n) is 21.4. The van der Waals surface area contributed by atoms with Crippen molar-refractivity contribution in [1.82, 2.24) is 9.88 Å². The number of hydrogen-bond acceptors (Lipinski definition) is 3. The van der Waals surface area contributed by atoms with Gasteiger partial charge in [0, 0.05) is 21.8 Å². The van der Waals surface area contributed by atoms with Gasteiger partial charge in [-0.1, -0.05) is 190 Å². The second kappa shape index (κ2) is 14.1. The van der Waals surface area contributed by atoms with E-state index in [1.54, 1.807) is 0 Å². The molecule has 1 unspecified atom stereocenters. The number of fused-ring (bicyclic) bond motifs is 7. The smallest absolute Gasteiger partial charge is 0.234 e. The zero-order valence-electron chi connectivity index (χ0n) is 34.5. The fourth-order valence-electron chi connectivity index (χ4n) is 10.1. The van der Waals surface area contributed by atoms with E-state index >= 15 is 0 Å². The molecule has 294 valence electrons. The lowest BCUT2D eigenvalue weighted by atomic mass is 9.79. The summed E-state index contributed by atoms with van der Waals surface area (Å²) in [6.45, 7) is 4.72. The van der Waals surface area contributed by atoms with Crippen molar-refractivity contribution in [1.29, 1.82) is 0 Å². The minimum atomic E-state index is -0.326. The van der Waals surface area contributed by atoms with E-state index < -0.39 is 0 Å². The van der Waals surface area contributed by atoms with Crippen LogP contribution in [0.3, 0.4) is 0 Å². The zero-order valence-corrected chi connectivity index (χ0v) is 34.5. The summed E-state index contributed by atoms with van der Waals surface area (Å²) in [5, 5.41) is 8.49. The maximum atomic E-state index is 5.33. The number of rotatable bonds is 5. The van der Waals surface area contributed by atoms with E-state index in [9.17, 15) is 0 Å². The van der Waals surface area contributed by atoms with Gasteiger partial charge in [-0.2, -0.15) is 4.99 Å². The monoisotopic (exact) mass is 794 g/mol. The summed E-state index contributed by atoms with van der Waals surface area (Å²) in [6, 6.07) is 74.5. The first-order valence-corrected chi connectivity index (χ1v) is 21.4. The maximum Gasteiger partial charge on any atom is 0.234 e. The van der Waals surface area contributed by atoms with Gasteiger partial charge in [0.25, 0.3) is 0 Å². The van der Waals surface area contributed by atoms with Crippen molar-refractivity contribution >= 4 is 44.4 Å². The van der Waals surface area contributed by atoms with Gasteiger partial charge in [-0.05, 0) is 102 Å². The zero-order chi connectivity index (χ0) is 41.4. The molecule has 4 nitrogen and oxygen atoms in total. The van der Waals surface area contributed by atoms with Crippen LogP contribution in [0.5, 0.6) is 0 Å². The minimum absolute atomic E-state index is 0.0798. The third-order valence-electron chi connectivity index (χ3n) is 13.0. The molecule has 2 heterocycles. The molecule has 2 aliphatic rings. The van der Waals surface area contributed by atoms with E-state index in [1.165, 1.54) is 71.6 Å². The Hall–Kier alpha value is -7.82. The van der Waals surface area contributed by atoms with Crippen molar-refractivity contribution in [2.75, 3.05) is 0 Å². The molecule has 0 saturated heterocycles. The van der Waals surface area contributed by atoms with Gasteiger partial charge in [0.1, 0.15) is 12.0 Å². The molecule has 12 rings (SSSR count). The highest BCUT2D eigenvalue weighted by Gasteiger charge is 2.37. The van der Waals surface area contributed by atoms with Crippen LogP contribution >= 0.6 is 0 Å². The van der Waals surface area contributed by atoms with Gasteiger partial charge in [-0.3, -0.25) is 4.57 Å². The molecule has 10 aromatic rings. The molecule has 0 bridgehead atoms. The Labute approximate surface area is 361 Å². The van der Waals surface area contributed by atoms with Crippen LogP contribution in [0.15, 0.2) is 216 Å². The van der Waals surface area contributed by atoms with Gasteiger partial charge < -0.3 is 5.32 Å². The summed E-state index contributed by atoms with van der Waals surface area (Å²) in [5.74, 6) is 1.43. The number of nitrogens with zero attached hydrogens (tertiary/aromatic N) is 3. The van der Waals surface area contributed by atoms with Crippen molar-refractivity contribution < 1.29 is 0 Å². The van der Waals surface area contributed by atoms with Gasteiger partial charge >= 0.3 is 0 Å². The lowest BCUT2D eigenvalue weighted by molar-refractivity contribution is 0.662. The Balaban J connectivity index is 0.948. The van der Waals surface area contributed by atoms with Crippen LogP contribution in [-0.2, 0) is 5.41 Å². The summed E-state index contributed by atoms with van der Waals surface area (Å²) >= 11 is 0. The largest absolute Gasteiger partial charge is 0.344 e. The van der Waals surface area contributed by atoms with Crippen LogP contribution in [0.4, 0.5) is 0 Å². The molecule has 0 saturated carbocycles. The van der Waals surface area contributed by atoms with Gasteiger partial charge in [0.2, 0.25) is 5.96 Å². The minimum Gasteiger partial charge on any atom is -0.344 e. The van der Waals surface area contributed by atoms with E-state index in [1.807, 2.05) is 6.07 Å². The maximum absolute atomic E-state index is 5.33. The first kappa shape index (κ1) is 36.1. The third kappa shape index (κ3) is 5.75. The third-order valence-corrected chi connectivity index (χ3v) is 13.0. The molecular weight excluding hydrogens is 753 g/mol. The van der Waals surface area contributed by atoms with Crippen LogP contribution in [0.1, 0.15) is 42.3 Å². The number of para-hydroxylation sites is 2. The molecule has 1 aromatic heterocycles. The molecule has 1 aliphatic carbocycles. The normalized spacial score (nSPS) is 15.2. The molecule has 0 spiro atoms. The molecule has 62 heavy (non-hydrogen) atoms. The lowest BCUT2D eigenvalue weighted by Crippen LogP contribution is -2.35. The number of aromatic nitrogens is 1. The molecule has 1 atom stereocenters. The Morgan fingerprint density at radius 3 is 1.85 bits per heavy atom. The second-order valence-electron chi connectivity index (χ2n) is 17.0. The Morgan fingerprint density at radius 1 is 0.452 bits per heavy atom. The van der Waals surface area contributed by atoms with E-state index in [0.29, 0.717) is 5.96 Å². The van der Waals surface area contributed by atoms with Crippen molar-refractivity contribution in [2.45, 2.75) is 25.4 Å². The molecule has 0 radical (unpaired) electrons. The second-order valence-corrected chi connectivity index (χ2v) is 17.0. The summed E-state index contributed by atoms with van der Waals surface area (Å²) < 4.78 is 2.21. The fourth-order valence-corrected chi connectivity index (χ4v) is 10.1. The number of benzene rings is 9. The van der Waals surface area contributed by atoms with Crippen LogP contribution < -0.4 is 5.32 Å². The average molecular weight is 795 g/mol. The summed E-state index contributed by atoms with van der Waals surface area (Å²) in [6.07, 6.45) is -0.326. The molecule has 4 heteroatoms. The van der Waals surface area contributed by atoms with Gasteiger partial charge in [0.05, 0.1) is 11.0 Å². The Morgan fingerprint density at radius 2 is 1.06 bits per heavy atom. The summed E-state index contributed by atoms with van der Waals surface area (Å²) in [4.78, 5) is 10.6. The van der Waals surface area contributed by atoms with Gasteiger partial charge in [0.15, 0.2) is 0 Å². The van der Waals surface area contributed by atoms with Crippen molar-refractivity contribution in [3.05, 3.63) is 229 Å². The highest BCUT2D eigenvalue weighted by molar-refractivity contribution is 6.17. The van der Waals surface area contributed by atoms with Crippen LogP contribution in [0, 0.1) is 0 Å². The molecule has 1 N–H and O–H groups in total. The van der Waals surface area contributed by atoms with Crippen molar-refractivity contribution in [3.63, 3.8) is 0 Å². The van der Waals surface area contributed by atoms with Crippen LogP contribution in [-0.4, -0.2) is 16.4 Å². The van der Waals surface area contributed by atoms with E-state index in [4.69, 9.17) is 9.98 Å². The highest BCUT2D eigenvalue weighted by Crippen LogP contribution is 2.52. The Kier molecular flexibility index (Phi) is 8.23. The first-order chi connectivity index (χ1) is 30.5. The number of hydrogen-bond donors (Lipinski definition) is 1. The topological polar surface area (TPSA) is 41.7 Å². The van der Waals surface area contributed by atoms with Gasteiger partial charge in [-0.25, -0.2) is 4.99 Å². The van der Waals surface area contributed by atoms with E-state index in [0.717, 1.165) is 33.6 Å². The van der Waals surface area contributed by atoms with Crippen molar-refractivity contribution in [3.8, 4) is 44.5 Å². The fraction of sp³-hybridized carbons (Fsp3) is 0.0690. The van der Waals surface area contributed by atoms with Crippen LogP contribution in [0.25, 0.3) is 77.1 Å². The number of amidine groups is 1. The van der Waals surface area contributed by atoms with Crippen LogP contribution in [0.2, 0.25) is 0 Å². The quantitative estimate of drug-likeness (QED) is 0.185. The predicted molar refractivity (Wildman–Crippen MR) is 259 cm³/mol. The Bertz CT molecular complexity index is 3410. The summed E-state index contributed by atoms with van der Waals surface area (Å²) in [5.41, 5.74) is 16.8. The van der Waals surface area contributed by atoms with E-state index in [-0.39, 0.29) is 11.6 Å². The number of aliphatic imine (C=N–C) groups is 2. The molecule has 1 aliphatic heterocycles. The summed E-state index contributed by atoms with van der Waals surface area (Å²) in [7, 11) is 0. The SMILES string of the molecule is CC1(C)c2ccccc2-c2cccc(-c3ccc(-c4cc(-c5cccc(C6=NC(n7c8ccccc8c8ccccc87)=NC(c7ccccc7)N6)c5)c5ccccc5c4)cc3)c21.